The van der Waals surface area contributed by atoms with Crippen molar-refractivity contribution in [3.63, 3.8) is 0 Å². The van der Waals surface area contributed by atoms with Gasteiger partial charge in [-0.25, -0.2) is 18.1 Å². The summed E-state index contributed by atoms with van der Waals surface area (Å²) < 4.78 is 25.0. The van der Waals surface area contributed by atoms with Crippen LogP contribution in [0.25, 0.3) is 11.4 Å². The first kappa shape index (κ1) is 12.3. The van der Waals surface area contributed by atoms with Gasteiger partial charge in [0.05, 0.1) is 4.90 Å². The van der Waals surface area contributed by atoms with Gasteiger partial charge in [0.15, 0.2) is 15.7 Å². The third-order valence-corrected chi connectivity index (χ3v) is 4.37. The molecule has 1 aliphatic rings. The first-order chi connectivity index (χ1) is 9.04. The quantitative estimate of drug-likeness (QED) is 0.854. The molecule has 1 saturated carbocycles. The maximum atomic E-state index is 11.6. The largest absolute Gasteiger partial charge is 0.246 e. The molecule has 3 rings (SSSR count). The highest BCUT2D eigenvalue weighted by molar-refractivity contribution is 7.90. The van der Waals surface area contributed by atoms with Crippen molar-refractivity contribution in [2.45, 2.75) is 24.3 Å². The van der Waals surface area contributed by atoms with Crippen molar-refractivity contribution in [2.24, 2.45) is 5.92 Å². The molecule has 100 valence electrons. The van der Waals surface area contributed by atoms with Crippen molar-refractivity contribution in [2.75, 3.05) is 6.26 Å². The van der Waals surface area contributed by atoms with E-state index in [2.05, 4.69) is 10.1 Å². The molecule has 0 radical (unpaired) electrons. The van der Waals surface area contributed by atoms with Gasteiger partial charge >= 0.3 is 0 Å². The van der Waals surface area contributed by atoms with Crippen LogP contribution < -0.4 is 0 Å². The van der Waals surface area contributed by atoms with E-state index in [1.165, 1.54) is 25.4 Å². The fourth-order valence-corrected chi connectivity index (χ4v) is 2.70. The Hall–Kier alpha value is -1.69. The Morgan fingerprint density at radius 1 is 1.37 bits per heavy atom. The van der Waals surface area contributed by atoms with Gasteiger partial charge in [0, 0.05) is 18.4 Å². The standard InChI is InChI=1S/C13H15N3O2S/c1-19(17,18)12-4-2-3-11(7-12)13-14-9-15-16(13)8-10-5-6-10/h2-4,7,9-10H,5-6,8H2,1H3. The summed E-state index contributed by atoms with van der Waals surface area (Å²) in [4.78, 5) is 4.56. The number of rotatable bonds is 4. The monoisotopic (exact) mass is 277 g/mol. The Balaban J connectivity index is 1.99. The summed E-state index contributed by atoms with van der Waals surface area (Å²) >= 11 is 0. The molecule has 19 heavy (non-hydrogen) atoms. The summed E-state index contributed by atoms with van der Waals surface area (Å²) in [5, 5.41) is 4.22. The van der Waals surface area contributed by atoms with Crippen LogP contribution in [-0.2, 0) is 16.4 Å². The molecule has 1 heterocycles. The highest BCUT2D eigenvalue weighted by atomic mass is 32.2. The van der Waals surface area contributed by atoms with Crippen LogP contribution in [0.4, 0.5) is 0 Å². The molecule has 2 aromatic rings. The van der Waals surface area contributed by atoms with Gasteiger partial charge in [0.1, 0.15) is 6.33 Å². The molecular weight excluding hydrogens is 262 g/mol. The van der Waals surface area contributed by atoms with E-state index in [4.69, 9.17) is 0 Å². The predicted octanol–water partition coefficient (Wildman–Crippen LogP) is 1.76. The van der Waals surface area contributed by atoms with Crippen LogP contribution in [-0.4, -0.2) is 29.4 Å². The molecule has 1 aliphatic carbocycles. The van der Waals surface area contributed by atoms with Gasteiger partial charge in [-0.2, -0.15) is 5.10 Å². The molecule has 0 amide bonds. The van der Waals surface area contributed by atoms with Crippen molar-refractivity contribution in [3.8, 4) is 11.4 Å². The van der Waals surface area contributed by atoms with Gasteiger partial charge in [-0.15, -0.1) is 0 Å². The van der Waals surface area contributed by atoms with Gasteiger partial charge in [-0.05, 0) is 30.9 Å². The molecule has 0 saturated heterocycles. The van der Waals surface area contributed by atoms with Crippen molar-refractivity contribution < 1.29 is 8.42 Å². The third-order valence-electron chi connectivity index (χ3n) is 3.26. The number of hydrogen-bond acceptors (Lipinski definition) is 4. The van der Waals surface area contributed by atoms with Crippen LogP contribution in [0.1, 0.15) is 12.8 Å². The first-order valence-corrected chi connectivity index (χ1v) is 8.11. The Bertz CT molecular complexity index is 702. The van der Waals surface area contributed by atoms with E-state index in [1.54, 1.807) is 18.2 Å². The average molecular weight is 277 g/mol. The lowest BCUT2D eigenvalue weighted by Crippen LogP contribution is -2.05. The van der Waals surface area contributed by atoms with Crippen LogP contribution >= 0.6 is 0 Å². The lowest BCUT2D eigenvalue weighted by atomic mass is 10.2. The third kappa shape index (κ3) is 2.68. The normalized spacial score (nSPS) is 15.6. The van der Waals surface area contributed by atoms with Crippen molar-refractivity contribution in [3.05, 3.63) is 30.6 Å². The molecule has 0 N–H and O–H groups in total. The van der Waals surface area contributed by atoms with E-state index < -0.39 is 9.84 Å². The summed E-state index contributed by atoms with van der Waals surface area (Å²) in [6.45, 7) is 0.860. The SMILES string of the molecule is CS(=O)(=O)c1cccc(-c2ncnn2CC2CC2)c1. The smallest absolute Gasteiger partial charge is 0.175 e. The number of benzene rings is 1. The van der Waals surface area contributed by atoms with E-state index in [0.717, 1.165) is 17.9 Å². The molecule has 0 unspecified atom stereocenters. The second-order valence-corrected chi connectivity index (χ2v) is 7.02. The molecule has 0 aliphatic heterocycles. The topological polar surface area (TPSA) is 64.8 Å². The molecule has 0 atom stereocenters. The first-order valence-electron chi connectivity index (χ1n) is 6.22. The van der Waals surface area contributed by atoms with Crippen molar-refractivity contribution >= 4 is 9.84 Å². The Labute approximate surface area is 112 Å². The summed E-state index contributed by atoms with van der Waals surface area (Å²) in [7, 11) is -3.20. The second kappa shape index (κ2) is 4.45. The lowest BCUT2D eigenvalue weighted by molar-refractivity contribution is 0.567. The second-order valence-electron chi connectivity index (χ2n) is 5.01. The maximum Gasteiger partial charge on any atom is 0.175 e. The van der Waals surface area contributed by atoms with Crippen molar-refractivity contribution in [1.29, 1.82) is 0 Å². The molecule has 1 aromatic carbocycles. The lowest BCUT2D eigenvalue weighted by Gasteiger charge is -2.06. The van der Waals surface area contributed by atoms with E-state index in [9.17, 15) is 8.42 Å². The molecule has 1 fully saturated rings. The number of sulfone groups is 1. The summed E-state index contributed by atoms with van der Waals surface area (Å²) in [6, 6.07) is 6.85. The van der Waals surface area contributed by atoms with Crippen molar-refractivity contribution in [1.82, 2.24) is 14.8 Å². The highest BCUT2D eigenvalue weighted by Crippen LogP contribution is 2.31. The van der Waals surface area contributed by atoms with E-state index in [1.807, 2.05) is 10.7 Å². The van der Waals surface area contributed by atoms with E-state index in [0.29, 0.717) is 10.8 Å². The van der Waals surface area contributed by atoms with Gasteiger partial charge in [0.25, 0.3) is 0 Å². The Kier molecular flexibility index (Phi) is 2.89. The fraction of sp³-hybridized carbons (Fsp3) is 0.385. The molecule has 0 bridgehead atoms. The molecule has 6 heteroatoms. The fourth-order valence-electron chi connectivity index (χ4n) is 2.03. The molecule has 1 aromatic heterocycles. The van der Waals surface area contributed by atoms with Crippen LogP contribution in [0.15, 0.2) is 35.5 Å². The molecular formula is C13H15N3O2S. The van der Waals surface area contributed by atoms with Gasteiger partial charge in [0.2, 0.25) is 0 Å². The average Bonchev–Trinajstić information content (AvgIpc) is 3.05. The summed E-state index contributed by atoms with van der Waals surface area (Å²) in [5.74, 6) is 1.43. The van der Waals surface area contributed by atoms with Crippen LogP contribution in [0.5, 0.6) is 0 Å². The number of aromatic nitrogens is 3. The summed E-state index contributed by atoms with van der Waals surface area (Å²) in [5.41, 5.74) is 0.793. The minimum atomic E-state index is -3.20. The van der Waals surface area contributed by atoms with E-state index in [-0.39, 0.29) is 0 Å². The minimum absolute atomic E-state index is 0.311. The zero-order valence-electron chi connectivity index (χ0n) is 10.7. The molecule has 0 spiro atoms. The predicted molar refractivity (Wildman–Crippen MR) is 71.3 cm³/mol. The van der Waals surface area contributed by atoms with E-state index >= 15 is 0 Å². The maximum absolute atomic E-state index is 11.6. The zero-order chi connectivity index (χ0) is 13.5. The van der Waals surface area contributed by atoms with Gasteiger partial charge in [-0.3, -0.25) is 0 Å². The van der Waals surface area contributed by atoms with Gasteiger partial charge < -0.3 is 0 Å². The molecule has 5 nitrogen and oxygen atoms in total. The van der Waals surface area contributed by atoms with Crippen LogP contribution in [0.3, 0.4) is 0 Å². The number of nitrogens with zero attached hydrogens (tertiary/aromatic N) is 3. The number of hydrogen-bond donors (Lipinski definition) is 0. The Morgan fingerprint density at radius 3 is 2.84 bits per heavy atom. The Morgan fingerprint density at radius 2 is 2.16 bits per heavy atom. The minimum Gasteiger partial charge on any atom is -0.246 e. The van der Waals surface area contributed by atoms with Gasteiger partial charge in [-0.1, -0.05) is 12.1 Å². The summed E-state index contributed by atoms with van der Waals surface area (Å²) in [6.07, 6.45) is 5.21. The van der Waals surface area contributed by atoms with Crippen LogP contribution in [0, 0.1) is 5.92 Å². The van der Waals surface area contributed by atoms with Crippen LogP contribution in [0.2, 0.25) is 0 Å². The highest BCUT2D eigenvalue weighted by Gasteiger charge is 2.23. The zero-order valence-corrected chi connectivity index (χ0v) is 11.5.